The van der Waals surface area contributed by atoms with Crippen molar-refractivity contribution in [3.8, 4) is 6.07 Å². The number of hydrogen-bond donors (Lipinski definition) is 1. The maximum absolute atomic E-state index is 14.0. The Hall–Kier alpha value is -3.24. The van der Waals surface area contributed by atoms with E-state index in [1.165, 1.54) is 6.33 Å². The highest BCUT2D eigenvalue weighted by Gasteiger charge is 2.56. The van der Waals surface area contributed by atoms with Gasteiger partial charge < -0.3 is 10.5 Å². The third-order valence-electron chi connectivity index (χ3n) is 7.04. The van der Waals surface area contributed by atoms with Crippen molar-refractivity contribution in [2.75, 3.05) is 7.11 Å². The average molecular weight is 432 g/mol. The van der Waals surface area contributed by atoms with E-state index in [1.807, 2.05) is 24.3 Å². The molecule has 1 amide bonds. The van der Waals surface area contributed by atoms with Gasteiger partial charge in [-0.05, 0) is 66.5 Å². The highest BCUT2D eigenvalue weighted by atomic mass is 16.5. The molecule has 1 aliphatic heterocycles. The fourth-order valence-corrected chi connectivity index (χ4v) is 5.46. The molecule has 0 radical (unpaired) electrons. The van der Waals surface area contributed by atoms with Gasteiger partial charge >= 0.3 is 0 Å². The molecular weight excluding hydrogens is 402 g/mol. The largest absolute Gasteiger partial charge is 0.385 e. The number of carbonyl (C=O) groups is 1. The minimum Gasteiger partial charge on any atom is -0.385 e. The monoisotopic (exact) mass is 431 g/mol. The molecule has 1 aliphatic carbocycles. The van der Waals surface area contributed by atoms with E-state index in [9.17, 15) is 10.1 Å². The fourth-order valence-electron chi connectivity index (χ4n) is 5.46. The van der Waals surface area contributed by atoms with E-state index in [0.717, 1.165) is 36.1 Å². The Bertz CT molecular complexity index is 1070. The van der Waals surface area contributed by atoms with Crippen molar-refractivity contribution in [3.05, 3.63) is 71.1 Å². The van der Waals surface area contributed by atoms with Crippen LogP contribution in [0.2, 0.25) is 0 Å². The maximum atomic E-state index is 14.0. The van der Waals surface area contributed by atoms with Crippen LogP contribution in [0, 0.1) is 23.2 Å². The quantitative estimate of drug-likeness (QED) is 0.722. The van der Waals surface area contributed by atoms with Gasteiger partial charge in [0.2, 0.25) is 5.91 Å². The fraction of sp³-hybridized carbons (Fsp3) is 0.440. The zero-order valence-corrected chi connectivity index (χ0v) is 18.8. The van der Waals surface area contributed by atoms with Crippen LogP contribution in [0.3, 0.4) is 0 Å². The summed E-state index contributed by atoms with van der Waals surface area (Å²) in [5.41, 5.74) is 8.84. The second-order valence-corrected chi connectivity index (χ2v) is 8.81. The van der Waals surface area contributed by atoms with Gasteiger partial charge in [0, 0.05) is 13.3 Å². The van der Waals surface area contributed by atoms with E-state index in [1.54, 1.807) is 24.3 Å². The predicted octanol–water partition coefficient (Wildman–Crippen LogP) is 3.05. The summed E-state index contributed by atoms with van der Waals surface area (Å²) in [7, 11) is 1.74. The third kappa shape index (κ3) is 3.55. The lowest BCUT2D eigenvalue weighted by Gasteiger charge is -2.33. The summed E-state index contributed by atoms with van der Waals surface area (Å²) in [6.45, 7) is 4.59. The van der Waals surface area contributed by atoms with E-state index >= 15 is 0 Å². The second-order valence-electron chi connectivity index (χ2n) is 8.81. The van der Waals surface area contributed by atoms with Crippen LogP contribution in [0.25, 0.3) is 0 Å². The van der Waals surface area contributed by atoms with Crippen molar-refractivity contribution >= 4 is 5.91 Å². The lowest BCUT2D eigenvalue weighted by molar-refractivity contribution is -0.134. The Morgan fingerprint density at radius 3 is 2.88 bits per heavy atom. The molecule has 2 aliphatic rings. The number of amides is 1. The zero-order chi connectivity index (χ0) is 22.9. The minimum absolute atomic E-state index is 0.0343. The summed E-state index contributed by atoms with van der Waals surface area (Å²) in [4.78, 5) is 23.9. The van der Waals surface area contributed by atoms with E-state index < -0.39 is 5.41 Å². The Balaban J connectivity index is 1.75. The number of aromatic nitrogens is 2. The topological polar surface area (TPSA) is 105 Å². The summed E-state index contributed by atoms with van der Waals surface area (Å²) in [6.07, 6.45) is 7.66. The summed E-state index contributed by atoms with van der Waals surface area (Å²) in [5.74, 6) is 0.687. The minimum atomic E-state index is -0.875. The van der Waals surface area contributed by atoms with Gasteiger partial charge in [0.15, 0.2) is 0 Å². The molecule has 4 atom stereocenters. The molecule has 2 aromatic rings. The van der Waals surface area contributed by atoms with Crippen LogP contribution in [0.5, 0.6) is 0 Å². The van der Waals surface area contributed by atoms with E-state index in [4.69, 9.17) is 10.5 Å². The number of benzene rings is 1. The van der Waals surface area contributed by atoms with E-state index in [0.29, 0.717) is 11.4 Å². The van der Waals surface area contributed by atoms with E-state index in [-0.39, 0.29) is 30.4 Å². The highest BCUT2D eigenvalue weighted by Crippen LogP contribution is 2.52. The van der Waals surface area contributed by atoms with Gasteiger partial charge in [-0.2, -0.15) is 5.26 Å². The molecule has 1 aromatic carbocycles. The second kappa shape index (κ2) is 8.71. The van der Waals surface area contributed by atoms with Gasteiger partial charge in [-0.3, -0.25) is 9.69 Å². The average Bonchev–Trinajstić information content (AvgIpc) is 3.24. The van der Waals surface area contributed by atoms with Crippen molar-refractivity contribution in [3.63, 3.8) is 0 Å². The number of nitriles is 1. The van der Waals surface area contributed by atoms with E-state index in [2.05, 4.69) is 29.9 Å². The van der Waals surface area contributed by atoms with Gasteiger partial charge in [0.25, 0.3) is 0 Å². The highest BCUT2D eigenvalue weighted by molar-refractivity contribution is 5.96. The van der Waals surface area contributed by atoms with Gasteiger partial charge in [-0.15, -0.1) is 0 Å². The molecule has 2 heterocycles. The molecule has 1 spiro atoms. The number of fused-ring (bicyclic) bond motifs is 2. The molecule has 0 bridgehead atoms. The molecule has 7 heteroatoms. The van der Waals surface area contributed by atoms with Crippen LogP contribution in [-0.4, -0.2) is 34.0 Å². The first kappa shape index (κ1) is 22.0. The molecule has 2 N–H and O–H groups in total. The Kier molecular flexibility index (Phi) is 5.98. The number of hydrogen-bond acceptors (Lipinski definition) is 6. The summed E-state index contributed by atoms with van der Waals surface area (Å²) >= 11 is 0. The van der Waals surface area contributed by atoms with Crippen LogP contribution in [-0.2, 0) is 27.9 Å². The molecule has 0 fully saturated rings. The van der Waals surface area contributed by atoms with Gasteiger partial charge in [0.1, 0.15) is 12.1 Å². The lowest BCUT2D eigenvalue weighted by atomic mass is 9.71. The van der Waals surface area contributed by atoms with Crippen LogP contribution in [0.15, 0.2) is 48.7 Å². The number of nitrogens with zero attached hydrogens (tertiary/aromatic N) is 4. The van der Waals surface area contributed by atoms with Crippen LogP contribution < -0.4 is 5.73 Å². The van der Waals surface area contributed by atoms with Crippen LogP contribution in [0.4, 0.5) is 0 Å². The summed E-state index contributed by atoms with van der Waals surface area (Å²) in [6, 6.07) is 9.68. The number of nitrogens with two attached hydrogens (primary N) is 1. The van der Waals surface area contributed by atoms with Crippen molar-refractivity contribution in [1.82, 2.24) is 14.9 Å². The Morgan fingerprint density at radius 1 is 1.41 bits per heavy atom. The zero-order valence-electron chi connectivity index (χ0n) is 18.8. The Labute approximate surface area is 188 Å². The standard InChI is InChI=1S/C25H29N5O2/c1-4-22(32-3)16(2)9-19-11-18-6-5-17(13-26)10-21(18)25(19)12-23(27)30(24(25)31)14-20-7-8-28-15-29-20/h5-8,10,12,15-16,19,22H,4,9,11,14,27H2,1-3H3/t16?,19?,22-,25?/m0/s1. The van der Waals surface area contributed by atoms with Crippen LogP contribution in [0.1, 0.15) is 49.1 Å². The molecule has 0 saturated heterocycles. The molecule has 32 heavy (non-hydrogen) atoms. The van der Waals surface area contributed by atoms with Gasteiger partial charge in [0.05, 0.1) is 35.4 Å². The number of rotatable bonds is 7. The third-order valence-corrected chi connectivity index (χ3v) is 7.04. The van der Waals surface area contributed by atoms with Gasteiger partial charge in [-0.25, -0.2) is 9.97 Å². The molecule has 0 saturated carbocycles. The SMILES string of the molecule is CC[C@H](OC)C(C)CC1Cc2ccc(C#N)cc2C12C=C(N)N(Cc1ccncn1)C2=O. The first-order chi connectivity index (χ1) is 15.4. The van der Waals surface area contributed by atoms with Gasteiger partial charge in [-0.1, -0.05) is 19.9 Å². The molecule has 7 nitrogen and oxygen atoms in total. The van der Waals surface area contributed by atoms with Crippen molar-refractivity contribution in [1.29, 1.82) is 5.26 Å². The normalized spacial score (nSPS) is 23.7. The Morgan fingerprint density at radius 2 is 2.22 bits per heavy atom. The molecule has 1 aromatic heterocycles. The molecular formula is C25H29N5O2. The first-order valence-electron chi connectivity index (χ1n) is 11.1. The van der Waals surface area contributed by atoms with Crippen molar-refractivity contribution in [2.24, 2.45) is 17.6 Å². The number of ether oxygens (including phenoxy) is 1. The first-order valence-corrected chi connectivity index (χ1v) is 11.1. The summed E-state index contributed by atoms with van der Waals surface area (Å²) < 4.78 is 5.69. The maximum Gasteiger partial charge on any atom is 0.243 e. The molecule has 4 rings (SSSR count). The smallest absolute Gasteiger partial charge is 0.243 e. The van der Waals surface area contributed by atoms with Crippen molar-refractivity contribution in [2.45, 2.75) is 51.2 Å². The number of carbonyl (C=O) groups excluding carboxylic acids is 1. The van der Waals surface area contributed by atoms with Crippen LogP contribution >= 0.6 is 0 Å². The predicted molar refractivity (Wildman–Crippen MR) is 120 cm³/mol. The van der Waals surface area contributed by atoms with Crippen molar-refractivity contribution < 1.29 is 9.53 Å². The number of methoxy groups -OCH3 is 1. The molecule has 166 valence electrons. The summed E-state index contributed by atoms with van der Waals surface area (Å²) in [5, 5.41) is 9.50. The lowest BCUT2D eigenvalue weighted by Crippen LogP contribution is -2.44. The molecule has 3 unspecified atom stereocenters.